The Kier molecular flexibility index (Phi) is 8.26. The smallest absolute Gasteiger partial charge is 0.223 e. The summed E-state index contributed by atoms with van der Waals surface area (Å²) in [7, 11) is 0. The van der Waals surface area contributed by atoms with E-state index >= 15 is 0 Å². The molecule has 0 saturated carbocycles. The molecule has 2 rings (SSSR count). The third kappa shape index (κ3) is 6.36. The number of aliphatic hydroxyl groups is 4. The van der Waals surface area contributed by atoms with E-state index < -0.39 is 24.6 Å². The molecule has 1 aliphatic carbocycles. The molecule has 27 heavy (non-hydrogen) atoms. The second-order valence-corrected chi connectivity index (χ2v) is 6.39. The highest BCUT2D eigenvalue weighted by Crippen LogP contribution is 2.30. The van der Waals surface area contributed by atoms with E-state index in [1.165, 1.54) is 18.2 Å². The molecular weight excluding hydrogens is 348 g/mol. The third-order valence-electron chi connectivity index (χ3n) is 4.34. The molecule has 0 bridgehead atoms. The maximum atomic E-state index is 12.1. The minimum atomic E-state index is -1.27. The van der Waals surface area contributed by atoms with Gasteiger partial charge in [-0.3, -0.25) is 4.79 Å². The number of para-hydroxylation sites is 1. The van der Waals surface area contributed by atoms with Crippen molar-refractivity contribution in [1.29, 1.82) is 0 Å². The van der Waals surface area contributed by atoms with Gasteiger partial charge in [-0.05, 0) is 37.5 Å². The van der Waals surface area contributed by atoms with E-state index in [-0.39, 0.29) is 11.7 Å². The summed E-state index contributed by atoms with van der Waals surface area (Å²) in [6, 6.07) is 9.54. The minimum Gasteiger partial charge on any atom is -0.504 e. The standard InChI is InChI=1S/C21H26O6/c22-14-20(25)18(23)11-6-10-17-15(13-19(24)21(17)26)7-4-5-12-27-16-8-2-1-3-9-16/h1-3,6,8-11,13,15,18,20,22-25H,4-5,7,12,14H2/b11-6+,17-10-/t15?,18-,20+/m0/s1. The number of carbonyl (C=O) groups is 1. The van der Waals surface area contributed by atoms with Crippen LogP contribution in [-0.4, -0.2) is 51.6 Å². The summed E-state index contributed by atoms with van der Waals surface area (Å²) in [6.45, 7) is 0.0155. The number of carbonyl (C=O) groups excluding carboxylic acids is 1. The predicted molar refractivity (Wildman–Crippen MR) is 101 cm³/mol. The maximum Gasteiger partial charge on any atom is 0.223 e. The van der Waals surface area contributed by atoms with Crippen LogP contribution in [0.2, 0.25) is 0 Å². The highest BCUT2D eigenvalue weighted by Gasteiger charge is 2.28. The van der Waals surface area contributed by atoms with E-state index in [9.17, 15) is 20.1 Å². The van der Waals surface area contributed by atoms with Crippen molar-refractivity contribution in [3.8, 4) is 5.75 Å². The molecule has 0 fully saturated rings. The van der Waals surface area contributed by atoms with Gasteiger partial charge in [0.05, 0.1) is 13.2 Å². The fourth-order valence-electron chi connectivity index (χ4n) is 2.79. The lowest BCUT2D eigenvalue weighted by atomic mass is 9.95. The fourth-order valence-corrected chi connectivity index (χ4v) is 2.79. The third-order valence-corrected chi connectivity index (χ3v) is 4.34. The zero-order valence-electron chi connectivity index (χ0n) is 15.1. The van der Waals surface area contributed by atoms with Crippen molar-refractivity contribution in [2.75, 3.05) is 13.2 Å². The van der Waals surface area contributed by atoms with Gasteiger partial charge in [0.2, 0.25) is 5.78 Å². The molecule has 6 heteroatoms. The van der Waals surface area contributed by atoms with Crippen LogP contribution in [0.15, 0.2) is 66.0 Å². The molecule has 1 unspecified atom stereocenters. The van der Waals surface area contributed by atoms with Crippen LogP contribution < -0.4 is 4.74 Å². The van der Waals surface area contributed by atoms with Crippen molar-refractivity contribution in [1.82, 2.24) is 0 Å². The molecule has 3 atom stereocenters. The molecule has 0 saturated heterocycles. The average Bonchev–Trinajstić information content (AvgIpc) is 2.95. The topological polar surface area (TPSA) is 107 Å². The van der Waals surface area contributed by atoms with Crippen LogP contribution in [0.3, 0.4) is 0 Å². The van der Waals surface area contributed by atoms with E-state index in [0.29, 0.717) is 18.6 Å². The molecule has 146 valence electrons. The molecule has 1 aromatic carbocycles. The number of ether oxygens (including phenoxy) is 1. The van der Waals surface area contributed by atoms with Gasteiger partial charge < -0.3 is 25.2 Å². The van der Waals surface area contributed by atoms with Crippen LogP contribution in [0.25, 0.3) is 0 Å². The Morgan fingerprint density at radius 1 is 1.15 bits per heavy atom. The van der Waals surface area contributed by atoms with E-state index in [0.717, 1.165) is 18.6 Å². The zero-order valence-corrected chi connectivity index (χ0v) is 15.1. The second-order valence-electron chi connectivity index (χ2n) is 6.39. The first-order chi connectivity index (χ1) is 13.0. The summed E-state index contributed by atoms with van der Waals surface area (Å²) >= 11 is 0. The molecule has 1 aliphatic rings. The second kappa shape index (κ2) is 10.7. The van der Waals surface area contributed by atoms with Crippen molar-refractivity contribution >= 4 is 5.78 Å². The van der Waals surface area contributed by atoms with Gasteiger partial charge in [0.1, 0.15) is 18.0 Å². The average molecular weight is 374 g/mol. The van der Waals surface area contributed by atoms with Crippen LogP contribution in [0, 0.1) is 5.92 Å². The van der Waals surface area contributed by atoms with Crippen molar-refractivity contribution in [2.45, 2.75) is 31.5 Å². The van der Waals surface area contributed by atoms with Crippen molar-refractivity contribution in [3.05, 3.63) is 66.0 Å². The number of Topliss-reactive ketones (excluding diaryl/α,β-unsaturated/α-hetero) is 1. The molecule has 0 amide bonds. The summed E-state index contributed by atoms with van der Waals surface area (Å²) in [4.78, 5) is 12.1. The number of ketones is 1. The van der Waals surface area contributed by atoms with Gasteiger partial charge in [0, 0.05) is 11.5 Å². The van der Waals surface area contributed by atoms with Crippen LogP contribution in [0.4, 0.5) is 0 Å². The van der Waals surface area contributed by atoms with Gasteiger partial charge in [-0.25, -0.2) is 0 Å². The molecule has 0 aromatic heterocycles. The van der Waals surface area contributed by atoms with Crippen molar-refractivity contribution in [2.24, 2.45) is 5.92 Å². The van der Waals surface area contributed by atoms with Gasteiger partial charge in [0.25, 0.3) is 0 Å². The fraction of sp³-hybridized carbons (Fsp3) is 0.381. The molecule has 1 aromatic rings. The molecule has 4 N–H and O–H groups in total. The van der Waals surface area contributed by atoms with E-state index in [1.54, 1.807) is 6.08 Å². The van der Waals surface area contributed by atoms with Gasteiger partial charge in [0.15, 0.2) is 5.76 Å². The summed E-state index contributed by atoms with van der Waals surface area (Å²) in [5, 5.41) is 37.4. The Hall–Kier alpha value is -2.41. The zero-order chi connectivity index (χ0) is 19.6. The molecule has 6 nitrogen and oxygen atoms in total. The van der Waals surface area contributed by atoms with Gasteiger partial charge in [-0.1, -0.05) is 36.4 Å². The monoisotopic (exact) mass is 374 g/mol. The van der Waals surface area contributed by atoms with Crippen LogP contribution in [0.5, 0.6) is 5.75 Å². The highest BCUT2D eigenvalue weighted by atomic mass is 16.5. The SMILES string of the molecule is O=C1C(O)=CC(CCCCOc2ccccc2)/C1=C/C=C/[C@H](O)[C@H](O)CO. The predicted octanol–water partition coefficient (Wildman–Crippen LogP) is 2.07. The number of benzene rings is 1. The van der Waals surface area contributed by atoms with Crippen LogP contribution in [0.1, 0.15) is 19.3 Å². The molecule has 0 spiro atoms. The van der Waals surface area contributed by atoms with E-state index in [2.05, 4.69) is 0 Å². The lowest BCUT2D eigenvalue weighted by Gasteiger charge is -2.11. The lowest BCUT2D eigenvalue weighted by molar-refractivity contribution is -0.114. The molecular formula is C21H26O6. The number of hydrogen-bond donors (Lipinski definition) is 4. The first-order valence-electron chi connectivity index (χ1n) is 9.01. The summed E-state index contributed by atoms with van der Waals surface area (Å²) < 4.78 is 5.63. The number of aliphatic hydroxyl groups excluding tert-OH is 4. The highest BCUT2D eigenvalue weighted by molar-refractivity contribution is 6.09. The largest absolute Gasteiger partial charge is 0.504 e. The Bertz CT molecular complexity index is 692. The van der Waals surface area contributed by atoms with Crippen LogP contribution in [-0.2, 0) is 4.79 Å². The molecule has 0 heterocycles. The quantitative estimate of drug-likeness (QED) is 0.369. The van der Waals surface area contributed by atoms with Crippen LogP contribution >= 0.6 is 0 Å². The summed E-state index contributed by atoms with van der Waals surface area (Å²) in [5.41, 5.74) is 0.443. The van der Waals surface area contributed by atoms with E-state index in [1.807, 2.05) is 30.3 Å². The molecule has 0 radical (unpaired) electrons. The molecule has 0 aliphatic heterocycles. The Balaban J connectivity index is 1.83. The minimum absolute atomic E-state index is 0.196. The van der Waals surface area contributed by atoms with Gasteiger partial charge >= 0.3 is 0 Å². The van der Waals surface area contributed by atoms with Gasteiger partial charge in [-0.2, -0.15) is 0 Å². The summed E-state index contributed by atoms with van der Waals surface area (Å²) in [6.07, 6.45) is 5.65. The summed E-state index contributed by atoms with van der Waals surface area (Å²) in [5.74, 6) is -0.0716. The Morgan fingerprint density at radius 2 is 1.89 bits per heavy atom. The maximum absolute atomic E-state index is 12.1. The number of unbranched alkanes of at least 4 members (excludes halogenated alkanes) is 1. The Morgan fingerprint density at radius 3 is 2.59 bits per heavy atom. The number of allylic oxidation sites excluding steroid dienone is 4. The number of rotatable bonds is 10. The first kappa shape index (κ1) is 20.9. The number of hydrogen-bond acceptors (Lipinski definition) is 6. The lowest BCUT2D eigenvalue weighted by Crippen LogP contribution is -2.27. The normalized spacial score (nSPS) is 20.9. The van der Waals surface area contributed by atoms with Crippen molar-refractivity contribution in [3.63, 3.8) is 0 Å². The Labute approximate surface area is 158 Å². The first-order valence-corrected chi connectivity index (χ1v) is 9.01. The van der Waals surface area contributed by atoms with Crippen molar-refractivity contribution < 1.29 is 30.0 Å². The van der Waals surface area contributed by atoms with Gasteiger partial charge in [-0.15, -0.1) is 0 Å². The van der Waals surface area contributed by atoms with E-state index in [4.69, 9.17) is 9.84 Å².